The summed E-state index contributed by atoms with van der Waals surface area (Å²) in [5.41, 5.74) is 6.95. The van der Waals surface area contributed by atoms with Gasteiger partial charge < -0.3 is 5.73 Å². The Morgan fingerprint density at radius 1 is 1.22 bits per heavy atom. The molecular weight excluding hydrogens is 256 g/mol. The molecule has 0 amide bonds. The van der Waals surface area contributed by atoms with Crippen LogP contribution in [0.5, 0.6) is 0 Å². The van der Waals surface area contributed by atoms with Gasteiger partial charge in [-0.3, -0.25) is 0 Å². The van der Waals surface area contributed by atoms with Gasteiger partial charge in [-0.25, -0.2) is 18.7 Å². The smallest absolute Gasteiger partial charge is 0.193 e. The minimum atomic E-state index is -0.626. The molecule has 1 aromatic carbocycles. The van der Waals surface area contributed by atoms with Gasteiger partial charge >= 0.3 is 0 Å². The number of hydrogen-bond donors (Lipinski definition) is 1. The number of aromatic nitrogens is 2. The van der Waals surface area contributed by atoms with Crippen molar-refractivity contribution in [3.63, 3.8) is 0 Å². The zero-order valence-electron chi connectivity index (χ0n) is 9.65. The number of nitrogens with zero attached hydrogens (tertiary/aromatic N) is 2. The molecule has 0 aliphatic carbocycles. The standard InChI is InChI=1S/C12H11F2N3S/c1-7-4-9(6-15)17-12(16-7)18-11-3-2-8(13)5-10(11)14/h2-5H,6,15H2,1H3. The topological polar surface area (TPSA) is 51.8 Å². The van der Waals surface area contributed by atoms with Crippen LogP contribution < -0.4 is 5.73 Å². The fourth-order valence-corrected chi connectivity index (χ4v) is 2.25. The van der Waals surface area contributed by atoms with Crippen LogP contribution in [0.4, 0.5) is 8.78 Å². The number of hydrogen-bond acceptors (Lipinski definition) is 4. The summed E-state index contributed by atoms with van der Waals surface area (Å²) in [7, 11) is 0. The summed E-state index contributed by atoms with van der Waals surface area (Å²) in [6, 6.07) is 5.17. The molecule has 0 unspecified atom stereocenters. The van der Waals surface area contributed by atoms with Gasteiger partial charge in [-0.15, -0.1) is 0 Å². The summed E-state index contributed by atoms with van der Waals surface area (Å²) in [4.78, 5) is 8.64. The average Bonchev–Trinajstić information content (AvgIpc) is 2.32. The van der Waals surface area contributed by atoms with Crippen LogP contribution in [-0.4, -0.2) is 9.97 Å². The van der Waals surface area contributed by atoms with Gasteiger partial charge in [-0.05, 0) is 36.9 Å². The van der Waals surface area contributed by atoms with Crippen LogP contribution in [0.3, 0.4) is 0 Å². The van der Waals surface area contributed by atoms with Gasteiger partial charge in [0.15, 0.2) is 5.16 Å². The highest BCUT2D eigenvalue weighted by molar-refractivity contribution is 7.99. The molecule has 0 saturated heterocycles. The highest BCUT2D eigenvalue weighted by atomic mass is 32.2. The molecule has 2 aromatic rings. The van der Waals surface area contributed by atoms with E-state index in [1.165, 1.54) is 12.1 Å². The second kappa shape index (κ2) is 5.41. The monoisotopic (exact) mass is 267 g/mol. The van der Waals surface area contributed by atoms with Crippen molar-refractivity contribution in [1.82, 2.24) is 9.97 Å². The van der Waals surface area contributed by atoms with Gasteiger partial charge in [0.2, 0.25) is 0 Å². The molecule has 0 saturated carbocycles. The first-order valence-corrected chi connectivity index (χ1v) is 6.07. The Morgan fingerprint density at radius 2 is 2.00 bits per heavy atom. The molecule has 94 valence electrons. The van der Waals surface area contributed by atoms with Crippen LogP contribution in [0.25, 0.3) is 0 Å². The lowest BCUT2D eigenvalue weighted by molar-refractivity contribution is 0.565. The number of rotatable bonds is 3. The van der Waals surface area contributed by atoms with Crippen LogP contribution in [0.1, 0.15) is 11.4 Å². The lowest BCUT2D eigenvalue weighted by atomic mass is 10.3. The van der Waals surface area contributed by atoms with Gasteiger partial charge in [0.25, 0.3) is 0 Å². The lowest BCUT2D eigenvalue weighted by Crippen LogP contribution is -2.03. The average molecular weight is 267 g/mol. The quantitative estimate of drug-likeness (QED) is 0.869. The van der Waals surface area contributed by atoms with E-state index in [9.17, 15) is 8.78 Å². The predicted molar refractivity (Wildman–Crippen MR) is 65.1 cm³/mol. The van der Waals surface area contributed by atoms with Crippen LogP contribution in [0.15, 0.2) is 34.3 Å². The van der Waals surface area contributed by atoms with Crippen molar-refractivity contribution >= 4 is 11.8 Å². The Hall–Kier alpha value is -1.53. The Kier molecular flexibility index (Phi) is 3.88. The largest absolute Gasteiger partial charge is 0.325 e. The molecule has 2 N–H and O–H groups in total. The Bertz CT molecular complexity index is 575. The van der Waals surface area contributed by atoms with E-state index in [2.05, 4.69) is 9.97 Å². The lowest BCUT2D eigenvalue weighted by Gasteiger charge is -2.05. The summed E-state index contributed by atoms with van der Waals surface area (Å²) < 4.78 is 26.3. The first kappa shape index (κ1) is 12.9. The zero-order chi connectivity index (χ0) is 13.1. The van der Waals surface area contributed by atoms with Crippen LogP contribution in [0.2, 0.25) is 0 Å². The zero-order valence-corrected chi connectivity index (χ0v) is 10.5. The molecule has 0 aliphatic heterocycles. The number of benzene rings is 1. The van der Waals surface area contributed by atoms with Crippen molar-refractivity contribution in [3.8, 4) is 0 Å². The molecule has 2 rings (SSSR count). The molecule has 3 nitrogen and oxygen atoms in total. The first-order valence-electron chi connectivity index (χ1n) is 5.26. The molecule has 6 heteroatoms. The first-order chi connectivity index (χ1) is 8.58. The van der Waals surface area contributed by atoms with Crippen LogP contribution in [-0.2, 0) is 6.54 Å². The molecule has 18 heavy (non-hydrogen) atoms. The van der Waals surface area contributed by atoms with Gasteiger partial charge in [-0.1, -0.05) is 0 Å². The molecule has 0 atom stereocenters. The second-order valence-electron chi connectivity index (χ2n) is 3.66. The third kappa shape index (κ3) is 3.02. The fourth-order valence-electron chi connectivity index (χ4n) is 1.41. The molecule has 0 bridgehead atoms. The molecule has 1 aromatic heterocycles. The van der Waals surface area contributed by atoms with Crippen molar-refractivity contribution in [1.29, 1.82) is 0 Å². The highest BCUT2D eigenvalue weighted by Crippen LogP contribution is 2.27. The Balaban J connectivity index is 2.30. The maximum atomic E-state index is 13.5. The van der Waals surface area contributed by atoms with E-state index in [0.29, 0.717) is 17.4 Å². The number of nitrogens with two attached hydrogens (primary N) is 1. The highest BCUT2D eigenvalue weighted by Gasteiger charge is 2.09. The maximum Gasteiger partial charge on any atom is 0.193 e. The third-order valence-electron chi connectivity index (χ3n) is 2.19. The van der Waals surface area contributed by atoms with E-state index in [1.807, 2.05) is 6.92 Å². The van der Waals surface area contributed by atoms with Gasteiger partial charge in [-0.2, -0.15) is 0 Å². The minimum Gasteiger partial charge on any atom is -0.325 e. The van der Waals surface area contributed by atoms with Crippen molar-refractivity contribution in [2.24, 2.45) is 5.73 Å². The Morgan fingerprint density at radius 3 is 2.67 bits per heavy atom. The van der Waals surface area contributed by atoms with Crippen molar-refractivity contribution in [2.75, 3.05) is 0 Å². The van der Waals surface area contributed by atoms with E-state index in [4.69, 9.17) is 5.73 Å². The minimum absolute atomic E-state index is 0.282. The summed E-state index contributed by atoms with van der Waals surface area (Å²) in [6.07, 6.45) is 0. The third-order valence-corrected chi connectivity index (χ3v) is 3.11. The van der Waals surface area contributed by atoms with Gasteiger partial charge in [0, 0.05) is 18.3 Å². The fraction of sp³-hybridized carbons (Fsp3) is 0.167. The van der Waals surface area contributed by atoms with Crippen LogP contribution >= 0.6 is 11.8 Å². The van der Waals surface area contributed by atoms with E-state index in [-0.39, 0.29) is 4.90 Å². The summed E-state index contributed by atoms with van der Waals surface area (Å²) in [6.45, 7) is 2.11. The SMILES string of the molecule is Cc1cc(CN)nc(Sc2ccc(F)cc2F)n1. The molecule has 0 aliphatic rings. The van der Waals surface area contributed by atoms with Crippen molar-refractivity contribution in [3.05, 3.63) is 47.3 Å². The predicted octanol–water partition coefficient (Wildman–Crippen LogP) is 2.67. The van der Waals surface area contributed by atoms with E-state index in [1.54, 1.807) is 6.07 Å². The van der Waals surface area contributed by atoms with E-state index < -0.39 is 11.6 Å². The summed E-state index contributed by atoms with van der Waals surface area (Å²) >= 11 is 1.05. The van der Waals surface area contributed by atoms with Crippen LogP contribution in [0, 0.1) is 18.6 Å². The molecule has 0 spiro atoms. The second-order valence-corrected chi connectivity index (χ2v) is 4.67. The van der Waals surface area contributed by atoms with E-state index >= 15 is 0 Å². The molecule has 1 heterocycles. The van der Waals surface area contributed by atoms with Crippen molar-refractivity contribution in [2.45, 2.75) is 23.5 Å². The molecule has 0 fully saturated rings. The summed E-state index contributed by atoms with van der Waals surface area (Å²) in [5, 5.41) is 0.404. The van der Waals surface area contributed by atoms with Gasteiger partial charge in [0.1, 0.15) is 11.6 Å². The Labute approximate surface area is 107 Å². The van der Waals surface area contributed by atoms with Crippen molar-refractivity contribution < 1.29 is 8.78 Å². The number of halogens is 2. The maximum absolute atomic E-state index is 13.5. The van der Waals surface area contributed by atoms with Gasteiger partial charge in [0.05, 0.1) is 10.6 Å². The normalized spacial score (nSPS) is 10.7. The number of aryl methyl sites for hydroxylation is 1. The van der Waals surface area contributed by atoms with E-state index in [0.717, 1.165) is 23.5 Å². The molecule has 0 radical (unpaired) electrons. The molecular formula is C12H11F2N3S. The summed E-state index contributed by atoms with van der Waals surface area (Å²) in [5.74, 6) is -1.23.